The van der Waals surface area contributed by atoms with E-state index in [4.69, 9.17) is 10.2 Å². The smallest absolute Gasteiger partial charge is 0.373 e. The Hall–Kier alpha value is -1.38. The highest BCUT2D eigenvalue weighted by atomic mass is 32.2. The van der Waals surface area contributed by atoms with Crippen LogP contribution in [-0.4, -0.2) is 34.1 Å². The minimum atomic E-state index is -3.76. The summed E-state index contributed by atoms with van der Waals surface area (Å²) >= 11 is 0. The van der Waals surface area contributed by atoms with E-state index in [0.717, 1.165) is 12.8 Å². The van der Waals surface area contributed by atoms with E-state index in [-0.39, 0.29) is 29.0 Å². The lowest BCUT2D eigenvalue weighted by atomic mass is 10.2. The molecule has 2 rings (SSSR count). The van der Waals surface area contributed by atoms with Crippen LogP contribution >= 0.6 is 0 Å². The third-order valence-electron chi connectivity index (χ3n) is 3.30. The van der Waals surface area contributed by atoms with Gasteiger partial charge in [0, 0.05) is 18.7 Å². The molecular weight excluding hydrogens is 284 g/mol. The van der Waals surface area contributed by atoms with Crippen molar-refractivity contribution in [1.82, 2.24) is 4.72 Å². The number of sulfonamides is 1. The van der Waals surface area contributed by atoms with Gasteiger partial charge in [-0.15, -0.1) is 0 Å². The second-order valence-electron chi connectivity index (χ2n) is 4.82. The molecule has 1 unspecified atom stereocenters. The Bertz CT molecular complexity index is 603. The molecule has 1 aromatic heterocycles. The number of nitrogens with two attached hydrogens (primary N) is 1. The van der Waals surface area contributed by atoms with Gasteiger partial charge in [-0.05, 0) is 25.7 Å². The molecule has 20 heavy (non-hydrogen) atoms. The lowest BCUT2D eigenvalue weighted by molar-refractivity contribution is 0.0563. The summed E-state index contributed by atoms with van der Waals surface area (Å²) in [4.78, 5) is 11.3. The van der Waals surface area contributed by atoms with E-state index in [1.54, 1.807) is 0 Å². The van der Waals surface area contributed by atoms with Crippen LogP contribution in [0.25, 0.3) is 0 Å². The summed E-state index contributed by atoms with van der Waals surface area (Å²) in [7, 11) is -2.56. The number of esters is 1. The lowest BCUT2D eigenvalue weighted by Crippen LogP contribution is -2.41. The van der Waals surface area contributed by atoms with Crippen LogP contribution in [0.3, 0.4) is 0 Å². The molecule has 1 heterocycles. The number of nitrogens with one attached hydrogen (secondary N) is 1. The topological polar surface area (TPSA) is 112 Å². The monoisotopic (exact) mass is 302 g/mol. The SMILES string of the molecule is COC(=O)c1cc(S(=O)(=O)NC(CN)C2CC2)c(C)o1. The summed E-state index contributed by atoms with van der Waals surface area (Å²) in [5.74, 6) is -0.417. The van der Waals surface area contributed by atoms with E-state index < -0.39 is 16.0 Å². The third-order valence-corrected chi connectivity index (χ3v) is 4.90. The van der Waals surface area contributed by atoms with Crippen molar-refractivity contribution >= 4 is 16.0 Å². The number of aryl methyl sites for hydroxylation is 1. The first kappa shape index (κ1) is 15.0. The summed E-state index contributed by atoms with van der Waals surface area (Å²) in [5, 5.41) is 0. The molecule has 112 valence electrons. The molecule has 3 N–H and O–H groups in total. The number of hydrogen-bond acceptors (Lipinski definition) is 6. The zero-order chi connectivity index (χ0) is 14.9. The van der Waals surface area contributed by atoms with Gasteiger partial charge in [0.2, 0.25) is 15.8 Å². The average Bonchev–Trinajstić information content (AvgIpc) is 3.17. The maximum absolute atomic E-state index is 12.3. The molecule has 1 aliphatic carbocycles. The van der Waals surface area contributed by atoms with Crippen LogP contribution < -0.4 is 10.5 Å². The van der Waals surface area contributed by atoms with E-state index >= 15 is 0 Å². The number of carbonyl (C=O) groups is 1. The van der Waals surface area contributed by atoms with Gasteiger partial charge in [0.25, 0.3) is 0 Å². The van der Waals surface area contributed by atoms with Crippen molar-refractivity contribution < 1.29 is 22.4 Å². The van der Waals surface area contributed by atoms with Gasteiger partial charge >= 0.3 is 5.97 Å². The van der Waals surface area contributed by atoms with Crippen LogP contribution in [0.5, 0.6) is 0 Å². The highest BCUT2D eigenvalue weighted by Crippen LogP contribution is 2.33. The molecule has 1 saturated carbocycles. The predicted octanol–water partition coefficient (Wildman–Crippen LogP) is 0.390. The Morgan fingerprint density at radius 1 is 1.60 bits per heavy atom. The van der Waals surface area contributed by atoms with E-state index in [0.29, 0.717) is 5.92 Å². The van der Waals surface area contributed by atoms with Crippen molar-refractivity contribution in [3.63, 3.8) is 0 Å². The second kappa shape index (κ2) is 5.55. The number of furan rings is 1. The summed E-state index contributed by atoms with van der Waals surface area (Å²) in [6, 6.07) is 0.889. The fourth-order valence-corrected chi connectivity index (χ4v) is 3.53. The van der Waals surface area contributed by atoms with Crippen molar-refractivity contribution in [3.8, 4) is 0 Å². The van der Waals surface area contributed by atoms with Gasteiger partial charge in [0.05, 0.1) is 7.11 Å². The van der Waals surface area contributed by atoms with Gasteiger partial charge in [-0.25, -0.2) is 17.9 Å². The van der Waals surface area contributed by atoms with Crippen molar-refractivity contribution in [2.75, 3.05) is 13.7 Å². The summed E-state index contributed by atoms with van der Waals surface area (Å²) in [6.07, 6.45) is 1.95. The zero-order valence-electron chi connectivity index (χ0n) is 11.4. The maximum atomic E-state index is 12.3. The summed E-state index contributed by atoms with van der Waals surface area (Å²) < 4.78 is 36.8. The Morgan fingerprint density at radius 3 is 2.75 bits per heavy atom. The number of ether oxygens (including phenoxy) is 1. The Kier molecular flexibility index (Phi) is 4.17. The van der Waals surface area contributed by atoms with Gasteiger partial charge in [-0.1, -0.05) is 0 Å². The lowest BCUT2D eigenvalue weighted by Gasteiger charge is -2.15. The largest absolute Gasteiger partial charge is 0.463 e. The number of hydrogen-bond donors (Lipinski definition) is 2. The van der Waals surface area contributed by atoms with E-state index in [2.05, 4.69) is 9.46 Å². The molecule has 1 fully saturated rings. The molecular formula is C12H18N2O5S. The quantitative estimate of drug-likeness (QED) is 0.735. The van der Waals surface area contributed by atoms with Crippen LogP contribution in [-0.2, 0) is 14.8 Å². The molecule has 0 aliphatic heterocycles. The van der Waals surface area contributed by atoms with Crippen molar-refractivity contribution in [1.29, 1.82) is 0 Å². The third kappa shape index (κ3) is 3.02. The van der Waals surface area contributed by atoms with Crippen LogP contribution in [0.2, 0.25) is 0 Å². The molecule has 0 aromatic carbocycles. The Labute approximate surface area is 117 Å². The van der Waals surface area contributed by atoms with Crippen molar-refractivity contribution in [2.45, 2.75) is 30.7 Å². The van der Waals surface area contributed by atoms with E-state index in [1.807, 2.05) is 0 Å². The number of rotatable bonds is 6. The molecule has 0 radical (unpaired) electrons. The molecule has 0 bridgehead atoms. The van der Waals surface area contributed by atoms with Crippen LogP contribution in [0, 0.1) is 12.8 Å². The fourth-order valence-electron chi connectivity index (χ4n) is 2.03. The predicted molar refractivity (Wildman–Crippen MR) is 70.7 cm³/mol. The minimum absolute atomic E-state index is 0.0583. The molecule has 0 amide bonds. The maximum Gasteiger partial charge on any atom is 0.373 e. The molecule has 1 aromatic rings. The molecule has 1 atom stereocenters. The second-order valence-corrected chi connectivity index (χ2v) is 6.51. The van der Waals surface area contributed by atoms with Gasteiger partial charge in [0.15, 0.2) is 0 Å². The molecule has 7 nitrogen and oxygen atoms in total. The van der Waals surface area contributed by atoms with Gasteiger partial charge in [0.1, 0.15) is 10.7 Å². The molecule has 0 spiro atoms. The number of methoxy groups -OCH3 is 1. The van der Waals surface area contributed by atoms with E-state index in [9.17, 15) is 13.2 Å². The fraction of sp³-hybridized carbons (Fsp3) is 0.583. The van der Waals surface area contributed by atoms with Crippen LogP contribution in [0.15, 0.2) is 15.4 Å². The standard InChI is InChI=1S/C12H18N2O5S/c1-7-11(5-10(19-7)12(15)18-2)20(16,17)14-9(6-13)8-3-4-8/h5,8-9,14H,3-4,6,13H2,1-2H3. The minimum Gasteiger partial charge on any atom is -0.463 e. The first-order valence-electron chi connectivity index (χ1n) is 6.30. The zero-order valence-corrected chi connectivity index (χ0v) is 12.2. The number of carbonyl (C=O) groups excluding carboxylic acids is 1. The van der Waals surface area contributed by atoms with Crippen LogP contribution in [0.1, 0.15) is 29.2 Å². The molecule has 1 aliphatic rings. The Morgan fingerprint density at radius 2 is 2.25 bits per heavy atom. The van der Waals surface area contributed by atoms with Crippen molar-refractivity contribution in [2.24, 2.45) is 11.7 Å². The normalized spacial score (nSPS) is 16.9. The first-order valence-corrected chi connectivity index (χ1v) is 7.78. The first-order chi connectivity index (χ1) is 9.39. The van der Waals surface area contributed by atoms with Gasteiger partial charge < -0.3 is 14.9 Å². The summed E-state index contributed by atoms with van der Waals surface area (Å²) in [6.45, 7) is 1.72. The van der Waals surface area contributed by atoms with Crippen molar-refractivity contribution in [3.05, 3.63) is 17.6 Å². The van der Waals surface area contributed by atoms with Crippen LogP contribution in [0.4, 0.5) is 0 Å². The highest BCUT2D eigenvalue weighted by Gasteiger charge is 2.34. The Balaban J connectivity index is 2.24. The summed E-state index contributed by atoms with van der Waals surface area (Å²) in [5.41, 5.74) is 5.59. The van der Waals surface area contributed by atoms with Gasteiger partial charge in [-0.3, -0.25) is 0 Å². The van der Waals surface area contributed by atoms with E-state index in [1.165, 1.54) is 20.1 Å². The molecule has 8 heteroatoms. The highest BCUT2D eigenvalue weighted by molar-refractivity contribution is 7.89. The average molecular weight is 302 g/mol. The molecule has 0 saturated heterocycles. The van der Waals surface area contributed by atoms with Gasteiger partial charge in [-0.2, -0.15) is 0 Å².